The van der Waals surface area contributed by atoms with Crippen molar-refractivity contribution in [1.29, 1.82) is 5.41 Å². The van der Waals surface area contributed by atoms with Crippen LogP contribution in [0.15, 0.2) is 60.8 Å². The SMILES string of the molecule is CC[C@H](C)[C@H](NC(=O)[C@H](Cc1ccccc1)NC(=O)[C@H](CC(C)C)NC(=O)[C@@H](N)CCCNC(=N)N)C(=O)N[C@@H](CCC(=O)O)C(=O)N[C@@H](Cc1c[nH]c2ccccc12)C(=O)N[C@@H](CC(C)C)C(=O)N[C@@H](CCCCN)C(=O)N[C@@H](CC(N)=O)C(=O)NCC(=O)NCC(=O)N1CCC[C@H]1C(=O)N[C@@H](CO)C(=O)N[C@@H](CO)C(=O)NCC(=O)N[C@@H](C)[C]=O. The van der Waals surface area contributed by atoms with Crippen molar-refractivity contribution in [3.63, 3.8) is 0 Å². The predicted molar refractivity (Wildman–Crippen MR) is 442 cm³/mol. The average molecular weight is 1710 g/mol. The number of fused-ring (bicyclic) bond motifs is 1. The maximum atomic E-state index is 15.1. The van der Waals surface area contributed by atoms with E-state index in [2.05, 4.69) is 84.7 Å². The van der Waals surface area contributed by atoms with Gasteiger partial charge in [0.15, 0.2) is 5.96 Å². The molecule has 0 bridgehead atoms. The second kappa shape index (κ2) is 52.7. The van der Waals surface area contributed by atoms with Gasteiger partial charge in [0.05, 0.1) is 51.4 Å². The number of carbonyl (C=O) groups excluding carboxylic acids is 17. The predicted octanol–water partition coefficient (Wildman–Crippen LogP) is -6.66. The summed E-state index contributed by atoms with van der Waals surface area (Å²) in [6.45, 7) is 7.84. The first-order chi connectivity index (χ1) is 57.8. The van der Waals surface area contributed by atoms with Crippen LogP contribution in [0.1, 0.15) is 143 Å². The second-order valence-corrected chi connectivity index (χ2v) is 30.6. The topological polar surface area (TPSA) is 695 Å². The maximum absolute atomic E-state index is 15.1. The summed E-state index contributed by atoms with van der Waals surface area (Å²) in [7, 11) is 0. The third-order valence-electron chi connectivity index (χ3n) is 19.7. The van der Waals surface area contributed by atoms with Gasteiger partial charge in [0.25, 0.3) is 0 Å². The van der Waals surface area contributed by atoms with E-state index in [1.165, 1.54) is 13.2 Å². The smallest absolute Gasteiger partial charge is 0.303 e. The van der Waals surface area contributed by atoms with Gasteiger partial charge < -0.3 is 128 Å². The third-order valence-corrected chi connectivity index (χ3v) is 19.7. The molecule has 1 aliphatic heterocycles. The minimum Gasteiger partial charge on any atom is -0.481 e. The number of carboxylic acid groups (broad SMARTS) is 1. The van der Waals surface area contributed by atoms with E-state index < -0.39 is 237 Å². The van der Waals surface area contributed by atoms with Crippen molar-refractivity contribution < 1.29 is 102 Å². The number of aliphatic carboxylic acids is 1. The molecule has 43 nitrogen and oxygen atoms in total. The minimum absolute atomic E-state index is 0.0107. The van der Waals surface area contributed by atoms with Crippen LogP contribution in [0, 0.1) is 23.2 Å². The van der Waals surface area contributed by atoms with Crippen LogP contribution in [-0.4, -0.2) is 269 Å². The summed E-state index contributed by atoms with van der Waals surface area (Å²) in [5.41, 5.74) is 24.6. The van der Waals surface area contributed by atoms with Crippen molar-refractivity contribution in [3.8, 4) is 0 Å². The second-order valence-electron chi connectivity index (χ2n) is 30.6. The molecular weight excluding hydrogens is 1590 g/mol. The van der Waals surface area contributed by atoms with E-state index in [0.717, 1.165) is 4.90 Å². The number of benzene rings is 2. The molecule has 1 saturated heterocycles. The van der Waals surface area contributed by atoms with Crippen molar-refractivity contribution in [2.75, 3.05) is 52.5 Å². The van der Waals surface area contributed by atoms with Gasteiger partial charge in [-0.3, -0.25) is 91.7 Å². The van der Waals surface area contributed by atoms with Gasteiger partial charge in [-0.1, -0.05) is 96.5 Å². The highest BCUT2D eigenvalue weighted by atomic mass is 16.4. The first kappa shape index (κ1) is 102. The van der Waals surface area contributed by atoms with E-state index in [0.29, 0.717) is 34.9 Å². The number of aliphatic hydroxyl groups excluding tert-OH is 2. The van der Waals surface area contributed by atoms with E-state index in [1.807, 2.05) is 13.8 Å². The van der Waals surface area contributed by atoms with Crippen LogP contribution in [0.3, 0.4) is 0 Å². The molecule has 0 unspecified atom stereocenters. The van der Waals surface area contributed by atoms with Gasteiger partial charge in [0, 0.05) is 49.5 Å². The molecule has 16 amide bonds. The van der Waals surface area contributed by atoms with E-state index in [1.54, 1.807) is 88.5 Å². The Morgan fingerprint density at radius 2 is 1.05 bits per heavy atom. The number of hydrogen-bond acceptors (Lipinski definition) is 23. The number of nitrogens with two attached hydrogens (primary N) is 4. The Balaban J connectivity index is 1.55. The van der Waals surface area contributed by atoms with Crippen molar-refractivity contribution in [2.45, 2.75) is 223 Å². The summed E-state index contributed by atoms with van der Waals surface area (Å²) in [6.07, 6.45) is 2.01. The molecule has 14 atom stereocenters. The Hall–Kier alpha value is -12.2. The first-order valence-corrected chi connectivity index (χ1v) is 40.5. The maximum Gasteiger partial charge on any atom is 0.303 e. The molecule has 0 saturated carbocycles. The number of carboxylic acids is 1. The molecule has 2 aromatic carbocycles. The number of carbonyl (C=O) groups is 17. The summed E-state index contributed by atoms with van der Waals surface area (Å²) < 4.78 is 0. The van der Waals surface area contributed by atoms with Gasteiger partial charge in [0.2, 0.25) is 101 Å². The number of aliphatic hydroxyl groups is 2. The molecule has 1 aliphatic rings. The van der Waals surface area contributed by atoms with Crippen LogP contribution in [-0.2, 0) is 99.1 Å². The molecule has 2 heterocycles. The molecule has 0 spiro atoms. The minimum atomic E-state index is -1.80. The van der Waals surface area contributed by atoms with Gasteiger partial charge >= 0.3 is 5.97 Å². The fourth-order valence-corrected chi connectivity index (χ4v) is 12.9. The molecule has 1 fully saturated rings. The molecule has 43 heteroatoms. The van der Waals surface area contributed by atoms with Crippen molar-refractivity contribution in [3.05, 3.63) is 71.9 Å². The van der Waals surface area contributed by atoms with Crippen LogP contribution in [0.25, 0.3) is 10.9 Å². The molecule has 4 rings (SSSR count). The Bertz CT molecular complexity index is 4090. The van der Waals surface area contributed by atoms with Crippen LogP contribution in [0.2, 0.25) is 0 Å². The third kappa shape index (κ3) is 35.6. The molecular formula is C79H121N22O21. The standard InChI is InChI=1S/C79H121N22O21/c1-8-44(6)66(100-75(119)55(32-46-18-10-9-11-19-46)95-73(117)53(30-42(2)3)93-67(111)49(81)21-16-28-85-79(83)84)78(122)92-52(25-26-65(109)110)71(115)96-56(33-47-35-86-50-22-13-12-20-48(47)50)74(118)94-54(31-43(4)5)72(116)91-51(23-14-15-27-80)70(114)97-57(34-61(82)105)68(112)88-36-62(106)87-38-64(108)101-29-17-24-60(101)77(121)99-59(41-104)76(120)98-58(40-103)69(113)89-37-63(107)90-45(7)39-102/h9-13,18-20,22,35,42-45,49,51-60,66,86,103-104H,8,14-17,21,23-34,36-38,40-41,80-81H2,1-7H3,(H2,82,105)(H,87,106)(H,88,112)(H,89,113)(H,90,107)(H,91,116)(H,92,122)(H,93,111)(H,94,118)(H,95,117)(H,96,115)(H,97,114)(H,98,120)(H,99,121)(H,100,119)(H,109,110)(H4,83,84,85)/t44-,45-,49-,51-,52-,53-,54-,55-,56-,57-,58-,59-,60-,66-/m0/s1. The summed E-state index contributed by atoms with van der Waals surface area (Å²) in [4.78, 5) is 248. The Morgan fingerprint density at radius 3 is 1.63 bits per heavy atom. The Labute approximate surface area is 705 Å². The number of guanidine groups is 1. The first-order valence-electron chi connectivity index (χ1n) is 40.5. The summed E-state index contributed by atoms with van der Waals surface area (Å²) >= 11 is 0. The van der Waals surface area contributed by atoms with Gasteiger partial charge in [-0.2, -0.15) is 0 Å². The monoisotopic (exact) mass is 1710 g/mol. The number of rotatable bonds is 55. The fourth-order valence-electron chi connectivity index (χ4n) is 12.9. The number of nitrogens with one attached hydrogen (secondary N) is 17. The van der Waals surface area contributed by atoms with Crippen molar-refractivity contribution in [1.82, 2.24) is 89.6 Å². The molecule has 3 aromatic rings. The molecule has 28 N–H and O–H groups in total. The Morgan fingerprint density at radius 1 is 0.541 bits per heavy atom. The normalized spacial score (nSPS) is 15.6. The number of H-pyrrole nitrogens is 1. The number of aromatic nitrogens is 1. The van der Waals surface area contributed by atoms with E-state index >= 15 is 4.79 Å². The van der Waals surface area contributed by atoms with Gasteiger partial charge in [-0.05, 0) is 113 Å². The lowest BCUT2D eigenvalue weighted by Gasteiger charge is -2.30. The number of amides is 16. The number of unbranched alkanes of at least 4 members (excludes halogenated alkanes) is 1. The lowest BCUT2D eigenvalue weighted by molar-refractivity contribution is -0.140. The van der Waals surface area contributed by atoms with Gasteiger partial charge in [-0.25, -0.2) is 0 Å². The zero-order valence-electron chi connectivity index (χ0n) is 69.7. The molecule has 0 aliphatic carbocycles. The van der Waals surface area contributed by atoms with Crippen LogP contribution < -0.4 is 103 Å². The number of nitrogens with zero attached hydrogens (tertiary/aromatic N) is 1. The average Bonchev–Trinajstić information content (AvgIpc) is 1.65. The van der Waals surface area contributed by atoms with E-state index in [4.69, 9.17) is 28.3 Å². The fraction of sp³-hybridized carbons (Fsp3) is 0.582. The number of para-hydroxylation sites is 1. The highest BCUT2D eigenvalue weighted by Gasteiger charge is 2.40. The van der Waals surface area contributed by atoms with Crippen LogP contribution in [0.5, 0.6) is 0 Å². The van der Waals surface area contributed by atoms with Gasteiger partial charge in [0.1, 0.15) is 66.5 Å². The van der Waals surface area contributed by atoms with Crippen molar-refractivity contribution >= 4 is 124 Å². The zero-order valence-corrected chi connectivity index (χ0v) is 69.7. The van der Waals surface area contributed by atoms with E-state index in [-0.39, 0.29) is 102 Å². The van der Waals surface area contributed by atoms with Crippen LogP contribution in [0.4, 0.5) is 0 Å². The zero-order chi connectivity index (χ0) is 90.9. The number of aromatic amines is 1. The molecule has 1 radical (unpaired) electrons. The number of hydrogen-bond donors (Lipinski definition) is 24. The number of primary amides is 1. The highest BCUT2D eigenvalue weighted by molar-refractivity contribution is 6.01. The Kier molecular flexibility index (Phi) is 44.1. The molecule has 673 valence electrons. The lowest BCUT2D eigenvalue weighted by atomic mass is 9.96. The molecule has 122 heavy (non-hydrogen) atoms. The summed E-state index contributed by atoms with van der Waals surface area (Å²) in [5.74, 6) is -18.1. The number of likely N-dealkylation sites (tertiary alicyclic amines) is 1. The quantitative estimate of drug-likeness (QED) is 0.0142. The lowest BCUT2D eigenvalue weighted by Crippen LogP contribution is -2.61. The van der Waals surface area contributed by atoms with E-state index in [9.17, 15) is 96.8 Å². The van der Waals surface area contributed by atoms with Crippen molar-refractivity contribution in [2.24, 2.45) is 40.7 Å². The highest BCUT2D eigenvalue weighted by Crippen LogP contribution is 2.22. The summed E-state index contributed by atoms with van der Waals surface area (Å²) in [6, 6.07) is -3.42. The van der Waals surface area contributed by atoms with Gasteiger partial charge in [-0.15, -0.1) is 0 Å². The molecule has 1 aromatic heterocycles. The largest absolute Gasteiger partial charge is 0.481 e. The van der Waals surface area contributed by atoms with Crippen LogP contribution >= 0.6 is 0 Å². The summed E-state index contributed by atoms with van der Waals surface area (Å²) in [5, 5.41) is 75.0.